The third-order valence-corrected chi connectivity index (χ3v) is 5.45. The molecular weight excluding hydrogens is 246 g/mol. The number of nitrogens with zero attached hydrogens (tertiary/aromatic N) is 1. The van der Waals surface area contributed by atoms with Crippen molar-refractivity contribution in [3.8, 4) is 0 Å². The van der Waals surface area contributed by atoms with E-state index in [9.17, 15) is 5.11 Å². The highest BCUT2D eigenvalue weighted by molar-refractivity contribution is 5.30. The zero-order valence-electron chi connectivity index (χ0n) is 12.6. The van der Waals surface area contributed by atoms with Gasteiger partial charge in [-0.2, -0.15) is 0 Å². The smallest absolute Gasteiger partial charge is 0.0976 e. The first kappa shape index (κ1) is 14.1. The maximum atomic E-state index is 11.2. The van der Waals surface area contributed by atoms with E-state index in [-0.39, 0.29) is 11.6 Å². The summed E-state index contributed by atoms with van der Waals surface area (Å²) in [5.74, 6) is 0. The fraction of sp³-hybridized carbons (Fsp3) is 0.667. The third-order valence-electron chi connectivity index (χ3n) is 5.45. The first-order valence-corrected chi connectivity index (χ1v) is 8.23. The van der Waals surface area contributed by atoms with E-state index in [1.54, 1.807) is 0 Å². The molecule has 1 unspecified atom stereocenters. The number of hydrogen-bond donors (Lipinski definition) is 1. The maximum absolute atomic E-state index is 11.2. The zero-order valence-corrected chi connectivity index (χ0v) is 12.6. The van der Waals surface area contributed by atoms with E-state index in [1.165, 1.54) is 50.8 Å². The van der Waals surface area contributed by atoms with Gasteiger partial charge in [-0.05, 0) is 56.8 Å². The Morgan fingerprint density at radius 2 is 1.65 bits per heavy atom. The van der Waals surface area contributed by atoms with Crippen LogP contribution in [0.5, 0.6) is 0 Å². The summed E-state index contributed by atoms with van der Waals surface area (Å²) in [4.78, 5) is 2.61. The van der Waals surface area contributed by atoms with Gasteiger partial charge in [-0.1, -0.05) is 43.5 Å². The van der Waals surface area contributed by atoms with Crippen molar-refractivity contribution in [1.82, 2.24) is 4.90 Å². The molecule has 2 nitrogen and oxygen atoms in total. The summed E-state index contributed by atoms with van der Waals surface area (Å²) in [5, 5.41) is 11.2. The van der Waals surface area contributed by atoms with Gasteiger partial charge in [0.1, 0.15) is 0 Å². The van der Waals surface area contributed by atoms with Gasteiger partial charge in [0, 0.05) is 0 Å². The average Bonchev–Trinajstić information content (AvgIpc) is 2.99. The fourth-order valence-corrected chi connectivity index (χ4v) is 4.27. The Kier molecular flexibility index (Phi) is 4.13. The molecule has 0 bridgehead atoms. The second-order valence-corrected chi connectivity index (χ2v) is 6.62. The van der Waals surface area contributed by atoms with Crippen LogP contribution in [0.2, 0.25) is 0 Å². The van der Waals surface area contributed by atoms with E-state index >= 15 is 0 Å². The predicted molar refractivity (Wildman–Crippen MR) is 82.8 cm³/mol. The number of hydrogen-bond acceptors (Lipinski definition) is 2. The van der Waals surface area contributed by atoms with Gasteiger partial charge < -0.3 is 5.11 Å². The van der Waals surface area contributed by atoms with Crippen LogP contribution in [0.15, 0.2) is 24.3 Å². The van der Waals surface area contributed by atoms with Gasteiger partial charge in [0.2, 0.25) is 0 Å². The van der Waals surface area contributed by atoms with E-state index < -0.39 is 0 Å². The van der Waals surface area contributed by atoms with Crippen LogP contribution in [0.25, 0.3) is 0 Å². The number of likely N-dealkylation sites (tertiary alicyclic amines) is 1. The first-order valence-electron chi connectivity index (χ1n) is 8.23. The molecule has 0 radical (unpaired) electrons. The molecule has 1 atom stereocenters. The number of aryl methyl sites for hydroxylation is 1. The van der Waals surface area contributed by atoms with Crippen molar-refractivity contribution >= 4 is 0 Å². The van der Waals surface area contributed by atoms with Crippen LogP contribution in [0.1, 0.15) is 62.2 Å². The molecule has 20 heavy (non-hydrogen) atoms. The monoisotopic (exact) mass is 273 g/mol. The lowest BCUT2D eigenvalue weighted by Crippen LogP contribution is -2.53. The van der Waals surface area contributed by atoms with Crippen molar-refractivity contribution in [2.24, 2.45) is 0 Å². The summed E-state index contributed by atoms with van der Waals surface area (Å²) in [6.07, 6.45) is 8.45. The Hall–Kier alpha value is -0.860. The molecule has 1 aliphatic heterocycles. The molecule has 0 amide bonds. The lowest BCUT2D eigenvalue weighted by molar-refractivity contribution is -0.0407. The largest absolute Gasteiger partial charge is 0.386 e. The molecule has 1 aromatic rings. The molecule has 1 heterocycles. The van der Waals surface area contributed by atoms with Crippen LogP contribution < -0.4 is 0 Å². The fourth-order valence-electron chi connectivity index (χ4n) is 4.27. The van der Waals surface area contributed by atoms with Crippen LogP contribution in [-0.4, -0.2) is 28.6 Å². The molecule has 3 rings (SSSR count). The molecule has 1 aliphatic carbocycles. The lowest BCUT2D eigenvalue weighted by Gasteiger charge is -2.47. The Morgan fingerprint density at radius 3 is 2.30 bits per heavy atom. The van der Waals surface area contributed by atoms with Gasteiger partial charge in [-0.3, -0.25) is 4.90 Å². The Morgan fingerprint density at radius 1 is 1.00 bits per heavy atom. The minimum absolute atomic E-state index is 0.00648. The van der Waals surface area contributed by atoms with Crippen LogP contribution in [-0.2, 0) is 0 Å². The molecule has 1 saturated carbocycles. The molecule has 0 aromatic heterocycles. The van der Waals surface area contributed by atoms with Gasteiger partial charge >= 0.3 is 0 Å². The van der Waals surface area contributed by atoms with Gasteiger partial charge in [0.05, 0.1) is 11.6 Å². The standard InChI is InChI=1S/C18H27NO/c1-15-9-3-4-10-16(15)17(20)18(11-5-6-12-18)19-13-7-2-8-14-19/h3-4,9-10,17,20H,2,5-8,11-14H2,1H3. The third kappa shape index (κ3) is 2.40. The topological polar surface area (TPSA) is 23.5 Å². The van der Waals surface area contributed by atoms with Crippen molar-refractivity contribution in [1.29, 1.82) is 0 Å². The van der Waals surface area contributed by atoms with E-state index in [2.05, 4.69) is 36.1 Å². The number of aliphatic hydroxyl groups excluding tert-OH is 1. The van der Waals surface area contributed by atoms with Gasteiger partial charge in [-0.15, -0.1) is 0 Å². The maximum Gasteiger partial charge on any atom is 0.0976 e. The minimum Gasteiger partial charge on any atom is -0.386 e. The lowest BCUT2D eigenvalue weighted by atomic mass is 9.81. The number of benzene rings is 1. The van der Waals surface area contributed by atoms with Crippen molar-refractivity contribution in [3.63, 3.8) is 0 Å². The highest BCUT2D eigenvalue weighted by Gasteiger charge is 2.46. The zero-order chi connectivity index (χ0) is 14.0. The quantitative estimate of drug-likeness (QED) is 0.905. The van der Waals surface area contributed by atoms with Gasteiger partial charge in [0.25, 0.3) is 0 Å². The molecule has 0 spiro atoms. The Labute approximate surface area is 122 Å². The van der Waals surface area contributed by atoms with E-state index in [1.807, 2.05) is 0 Å². The molecule has 1 saturated heterocycles. The van der Waals surface area contributed by atoms with Crippen molar-refractivity contribution in [2.75, 3.05) is 13.1 Å². The normalized spacial score (nSPS) is 24.7. The predicted octanol–water partition coefficient (Wildman–Crippen LogP) is 3.83. The van der Waals surface area contributed by atoms with Crippen molar-refractivity contribution in [2.45, 2.75) is 63.5 Å². The van der Waals surface area contributed by atoms with E-state index in [0.717, 1.165) is 18.4 Å². The van der Waals surface area contributed by atoms with Crippen molar-refractivity contribution < 1.29 is 5.11 Å². The molecule has 110 valence electrons. The SMILES string of the molecule is Cc1ccccc1C(O)C1(N2CCCCC2)CCCC1. The Bertz CT molecular complexity index is 444. The van der Waals surface area contributed by atoms with Gasteiger partial charge in [-0.25, -0.2) is 0 Å². The second kappa shape index (κ2) is 5.87. The molecule has 1 N–H and O–H groups in total. The summed E-state index contributed by atoms with van der Waals surface area (Å²) in [6.45, 7) is 4.46. The number of piperidine rings is 1. The van der Waals surface area contributed by atoms with Crippen molar-refractivity contribution in [3.05, 3.63) is 35.4 Å². The van der Waals surface area contributed by atoms with Crippen LogP contribution in [0.4, 0.5) is 0 Å². The highest BCUT2D eigenvalue weighted by atomic mass is 16.3. The summed E-state index contributed by atoms with van der Waals surface area (Å²) in [6, 6.07) is 8.36. The van der Waals surface area contributed by atoms with Gasteiger partial charge in [0.15, 0.2) is 0 Å². The average molecular weight is 273 g/mol. The summed E-state index contributed by atoms with van der Waals surface area (Å²) in [7, 11) is 0. The molecular formula is C18H27NO. The second-order valence-electron chi connectivity index (χ2n) is 6.62. The minimum atomic E-state index is -0.329. The van der Waals surface area contributed by atoms with E-state index in [4.69, 9.17) is 0 Å². The van der Waals surface area contributed by atoms with E-state index in [0.29, 0.717) is 0 Å². The molecule has 2 heteroatoms. The Balaban J connectivity index is 1.91. The highest BCUT2D eigenvalue weighted by Crippen LogP contribution is 2.46. The van der Waals surface area contributed by atoms with Crippen LogP contribution >= 0.6 is 0 Å². The molecule has 1 aromatic carbocycles. The van der Waals surface area contributed by atoms with Crippen LogP contribution in [0.3, 0.4) is 0 Å². The molecule has 2 aliphatic rings. The first-order chi connectivity index (χ1) is 9.74. The van der Waals surface area contributed by atoms with Crippen LogP contribution in [0, 0.1) is 6.92 Å². The number of rotatable bonds is 3. The summed E-state index contributed by atoms with van der Waals surface area (Å²) in [5.41, 5.74) is 2.37. The summed E-state index contributed by atoms with van der Waals surface area (Å²) < 4.78 is 0. The molecule has 2 fully saturated rings. The summed E-state index contributed by atoms with van der Waals surface area (Å²) >= 11 is 0. The number of aliphatic hydroxyl groups is 1.